The molecule has 0 saturated heterocycles. The first-order valence-electron chi connectivity index (χ1n) is 9.39. The van der Waals surface area contributed by atoms with Gasteiger partial charge in [0.1, 0.15) is 10.7 Å². The maximum absolute atomic E-state index is 12.7. The smallest absolute Gasteiger partial charge is 0.288 e. The Kier molecular flexibility index (Phi) is 6.79. The second-order valence-electron chi connectivity index (χ2n) is 6.48. The van der Waals surface area contributed by atoms with E-state index in [2.05, 4.69) is 15.5 Å². The molecule has 0 spiro atoms. The molecular formula is C23H17F2N3OS2. The molecule has 1 aromatic heterocycles. The first-order valence-corrected chi connectivity index (χ1v) is 11.3. The minimum Gasteiger partial charge on any atom is -0.324 e. The number of nitrogens with one attached hydrogen (secondary N) is 1. The SMILES string of the molecule is O=C(CSc1nnc(-c2ccccc2)c2ccccc12)Nc1ccccc1SC(F)F. The number of hydrogen-bond donors (Lipinski definition) is 1. The standard InChI is InChI=1S/C23H17F2N3OS2/c24-23(25)31-19-13-7-6-12-18(19)26-20(29)14-30-22-17-11-5-4-10-16(17)21(27-28-22)15-8-2-1-3-9-15/h1-13,23H,14H2,(H,26,29). The lowest BCUT2D eigenvalue weighted by atomic mass is 10.1. The molecular weight excluding hydrogens is 436 g/mol. The lowest BCUT2D eigenvalue weighted by Gasteiger charge is -2.11. The van der Waals surface area contributed by atoms with Gasteiger partial charge in [-0.15, -0.1) is 10.2 Å². The average Bonchev–Trinajstić information content (AvgIpc) is 2.79. The van der Waals surface area contributed by atoms with Crippen molar-refractivity contribution in [3.05, 3.63) is 78.9 Å². The molecule has 31 heavy (non-hydrogen) atoms. The number of nitrogens with zero attached hydrogens (tertiary/aromatic N) is 2. The van der Waals surface area contributed by atoms with Crippen molar-refractivity contribution in [1.82, 2.24) is 10.2 Å². The molecule has 4 rings (SSSR count). The third-order valence-corrected chi connectivity index (χ3v) is 6.19. The number of carbonyl (C=O) groups is 1. The monoisotopic (exact) mass is 453 g/mol. The van der Waals surface area contributed by atoms with Crippen molar-refractivity contribution in [2.24, 2.45) is 0 Å². The Morgan fingerprint density at radius 2 is 1.55 bits per heavy atom. The Labute approximate surface area is 186 Å². The van der Waals surface area contributed by atoms with Crippen LogP contribution in [-0.2, 0) is 4.79 Å². The Bertz CT molecular complexity index is 1210. The zero-order chi connectivity index (χ0) is 21.6. The number of anilines is 1. The molecule has 0 aliphatic heterocycles. The second kappa shape index (κ2) is 9.89. The van der Waals surface area contributed by atoms with Crippen LogP contribution in [0.1, 0.15) is 0 Å². The van der Waals surface area contributed by atoms with E-state index in [-0.39, 0.29) is 11.7 Å². The molecule has 0 atom stereocenters. The van der Waals surface area contributed by atoms with Crippen LogP contribution in [0.2, 0.25) is 0 Å². The maximum Gasteiger partial charge on any atom is 0.288 e. The van der Waals surface area contributed by atoms with Crippen LogP contribution in [0.3, 0.4) is 0 Å². The number of rotatable bonds is 7. The Morgan fingerprint density at radius 1 is 0.871 bits per heavy atom. The van der Waals surface area contributed by atoms with Crippen LogP contribution in [0.4, 0.5) is 14.5 Å². The zero-order valence-corrected chi connectivity index (χ0v) is 17.8. The van der Waals surface area contributed by atoms with Gasteiger partial charge in [0.25, 0.3) is 5.76 Å². The molecule has 0 bridgehead atoms. The van der Waals surface area contributed by atoms with Crippen molar-refractivity contribution in [3.8, 4) is 11.3 Å². The third kappa shape index (κ3) is 5.21. The quantitative estimate of drug-likeness (QED) is 0.331. The number of para-hydroxylation sites is 1. The van der Waals surface area contributed by atoms with Crippen LogP contribution in [-0.4, -0.2) is 27.6 Å². The van der Waals surface area contributed by atoms with Gasteiger partial charge in [0.15, 0.2) is 0 Å². The molecule has 0 unspecified atom stereocenters. The van der Waals surface area contributed by atoms with Crippen LogP contribution in [0.5, 0.6) is 0 Å². The molecule has 0 fully saturated rings. The summed E-state index contributed by atoms with van der Waals surface area (Å²) in [5, 5.41) is 13.9. The molecule has 4 nitrogen and oxygen atoms in total. The summed E-state index contributed by atoms with van der Waals surface area (Å²) in [7, 11) is 0. The van der Waals surface area contributed by atoms with Gasteiger partial charge in [-0.1, -0.05) is 90.3 Å². The number of fused-ring (bicyclic) bond motifs is 1. The normalized spacial score (nSPS) is 11.1. The van der Waals surface area contributed by atoms with Gasteiger partial charge in [0, 0.05) is 21.2 Å². The van der Waals surface area contributed by atoms with Gasteiger partial charge >= 0.3 is 0 Å². The van der Waals surface area contributed by atoms with Gasteiger partial charge in [0.05, 0.1) is 11.4 Å². The number of alkyl halides is 2. The molecule has 0 radical (unpaired) electrons. The van der Waals surface area contributed by atoms with Crippen LogP contribution in [0.15, 0.2) is 88.8 Å². The summed E-state index contributed by atoms with van der Waals surface area (Å²) >= 11 is 1.67. The van der Waals surface area contributed by atoms with Crippen molar-refractivity contribution in [1.29, 1.82) is 0 Å². The number of thioether (sulfide) groups is 2. The molecule has 0 saturated carbocycles. The minimum absolute atomic E-state index is 0.0804. The van der Waals surface area contributed by atoms with E-state index in [0.29, 0.717) is 27.4 Å². The van der Waals surface area contributed by atoms with E-state index in [1.165, 1.54) is 11.8 Å². The molecule has 1 heterocycles. The largest absolute Gasteiger partial charge is 0.324 e. The molecule has 0 aliphatic carbocycles. The summed E-state index contributed by atoms with van der Waals surface area (Å²) in [5.74, 6) is -2.78. The van der Waals surface area contributed by atoms with Crippen molar-refractivity contribution in [2.45, 2.75) is 15.7 Å². The third-order valence-electron chi connectivity index (χ3n) is 4.42. The van der Waals surface area contributed by atoms with Gasteiger partial charge in [-0.05, 0) is 12.1 Å². The van der Waals surface area contributed by atoms with Crippen LogP contribution in [0.25, 0.3) is 22.0 Å². The Morgan fingerprint density at radius 3 is 2.32 bits per heavy atom. The molecule has 1 N–H and O–H groups in total. The topological polar surface area (TPSA) is 54.9 Å². The molecule has 0 aliphatic rings. The number of amides is 1. The van der Waals surface area contributed by atoms with E-state index in [4.69, 9.17) is 0 Å². The summed E-state index contributed by atoms with van der Waals surface area (Å²) in [6, 6.07) is 24.1. The number of halogens is 2. The maximum atomic E-state index is 12.7. The van der Waals surface area contributed by atoms with E-state index in [1.807, 2.05) is 54.6 Å². The lowest BCUT2D eigenvalue weighted by Crippen LogP contribution is -2.15. The average molecular weight is 454 g/mol. The Balaban J connectivity index is 1.52. The highest BCUT2D eigenvalue weighted by molar-refractivity contribution is 8.00. The lowest BCUT2D eigenvalue weighted by molar-refractivity contribution is -0.113. The molecule has 156 valence electrons. The number of aromatic nitrogens is 2. The second-order valence-corrected chi connectivity index (χ2v) is 8.47. The predicted molar refractivity (Wildman–Crippen MR) is 123 cm³/mol. The van der Waals surface area contributed by atoms with Crippen LogP contribution in [0, 0.1) is 0 Å². The Hall–Kier alpha value is -2.97. The fraction of sp³-hybridized carbons (Fsp3) is 0.0870. The summed E-state index contributed by atoms with van der Waals surface area (Å²) in [6.07, 6.45) is 0. The summed E-state index contributed by atoms with van der Waals surface area (Å²) in [5.41, 5.74) is 2.12. The molecule has 8 heteroatoms. The van der Waals surface area contributed by atoms with Gasteiger partial charge in [-0.2, -0.15) is 8.78 Å². The fourth-order valence-electron chi connectivity index (χ4n) is 3.08. The molecule has 1 amide bonds. The first-order chi connectivity index (χ1) is 15.1. The van der Waals surface area contributed by atoms with Crippen molar-refractivity contribution >= 4 is 45.9 Å². The van der Waals surface area contributed by atoms with Crippen molar-refractivity contribution in [3.63, 3.8) is 0 Å². The van der Waals surface area contributed by atoms with E-state index < -0.39 is 5.76 Å². The number of benzene rings is 3. The summed E-state index contributed by atoms with van der Waals surface area (Å²) in [6.45, 7) is 0. The highest BCUT2D eigenvalue weighted by atomic mass is 32.2. The van der Waals surface area contributed by atoms with Crippen molar-refractivity contribution < 1.29 is 13.6 Å². The molecule has 3 aromatic carbocycles. The minimum atomic E-state index is -2.56. The van der Waals surface area contributed by atoms with Gasteiger partial charge in [-0.25, -0.2) is 0 Å². The summed E-state index contributed by atoms with van der Waals surface area (Å²) < 4.78 is 25.5. The van der Waals surface area contributed by atoms with Gasteiger partial charge in [-0.3, -0.25) is 4.79 Å². The van der Waals surface area contributed by atoms with E-state index >= 15 is 0 Å². The first kappa shape index (κ1) is 21.3. The van der Waals surface area contributed by atoms with E-state index in [9.17, 15) is 13.6 Å². The number of carbonyl (C=O) groups excluding carboxylic acids is 1. The predicted octanol–water partition coefficient (Wildman–Crippen LogP) is 6.34. The zero-order valence-electron chi connectivity index (χ0n) is 16.2. The van der Waals surface area contributed by atoms with Crippen LogP contribution >= 0.6 is 23.5 Å². The van der Waals surface area contributed by atoms with E-state index in [1.54, 1.807) is 24.3 Å². The van der Waals surface area contributed by atoms with Gasteiger partial charge in [0.2, 0.25) is 5.91 Å². The van der Waals surface area contributed by atoms with E-state index in [0.717, 1.165) is 22.0 Å². The van der Waals surface area contributed by atoms with Gasteiger partial charge < -0.3 is 5.32 Å². The van der Waals surface area contributed by atoms with Crippen LogP contribution < -0.4 is 5.32 Å². The number of hydrogen-bond acceptors (Lipinski definition) is 5. The fourth-order valence-corrected chi connectivity index (χ4v) is 4.45. The molecule has 4 aromatic rings. The highest BCUT2D eigenvalue weighted by Gasteiger charge is 2.15. The summed E-state index contributed by atoms with van der Waals surface area (Å²) in [4.78, 5) is 12.8. The van der Waals surface area contributed by atoms with Crippen molar-refractivity contribution in [2.75, 3.05) is 11.1 Å². The highest BCUT2D eigenvalue weighted by Crippen LogP contribution is 2.33.